The smallest absolute Gasteiger partial charge is 0.145 e. The van der Waals surface area contributed by atoms with Gasteiger partial charge < -0.3 is 14.7 Å². The van der Waals surface area contributed by atoms with Gasteiger partial charge in [-0.25, -0.2) is 4.98 Å². The van der Waals surface area contributed by atoms with E-state index in [0.717, 1.165) is 28.0 Å². The Balaban J connectivity index is 2.15. The molecule has 0 atom stereocenters. The summed E-state index contributed by atoms with van der Waals surface area (Å²) in [5.41, 5.74) is 3.04. The number of para-hydroxylation sites is 1. The first-order valence-electron chi connectivity index (χ1n) is 7.56. The predicted octanol–water partition coefficient (Wildman–Crippen LogP) is 2.90. The molecule has 0 amide bonds. The minimum Gasteiger partial charge on any atom is -0.494 e. The van der Waals surface area contributed by atoms with Crippen molar-refractivity contribution >= 4 is 16.6 Å². The van der Waals surface area contributed by atoms with Gasteiger partial charge in [-0.05, 0) is 38.3 Å². The molecule has 4 heteroatoms. The molecule has 2 aromatic rings. The molecule has 0 unspecified atom stereocenters. The second-order valence-corrected chi connectivity index (χ2v) is 5.64. The lowest BCUT2D eigenvalue weighted by molar-refractivity contribution is 0.284. The van der Waals surface area contributed by atoms with Crippen LogP contribution in [0.1, 0.15) is 25.0 Å². The Kier molecular flexibility index (Phi) is 3.97. The number of aliphatic hydroxyl groups is 1. The number of ether oxygens (including phenoxy) is 1. The number of rotatable bonds is 5. The zero-order valence-electron chi connectivity index (χ0n) is 12.7. The van der Waals surface area contributed by atoms with Gasteiger partial charge in [0.1, 0.15) is 11.3 Å². The molecule has 0 bridgehead atoms. The second kappa shape index (κ2) is 5.90. The highest BCUT2D eigenvalue weighted by Gasteiger charge is 2.26. The number of anilines is 1. The molecule has 3 rings (SSSR count). The van der Waals surface area contributed by atoms with Gasteiger partial charge in [0, 0.05) is 29.4 Å². The van der Waals surface area contributed by atoms with Crippen molar-refractivity contribution in [2.45, 2.75) is 32.2 Å². The van der Waals surface area contributed by atoms with Gasteiger partial charge in [-0.3, -0.25) is 0 Å². The fourth-order valence-electron chi connectivity index (χ4n) is 3.04. The van der Waals surface area contributed by atoms with Gasteiger partial charge in [0.05, 0.1) is 13.7 Å². The summed E-state index contributed by atoms with van der Waals surface area (Å²) in [5, 5.41) is 10.5. The second-order valence-electron chi connectivity index (χ2n) is 5.64. The van der Waals surface area contributed by atoms with Crippen molar-refractivity contribution in [3.8, 4) is 5.75 Å². The molecule has 1 fully saturated rings. The highest BCUT2D eigenvalue weighted by molar-refractivity contribution is 5.95. The SMILES string of the molecule is COc1cccc2c(N(CCO)C3CCC3)cc(C)nc12. The molecule has 112 valence electrons. The highest BCUT2D eigenvalue weighted by Crippen LogP contribution is 2.36. The van der Waals surface area contributed by atoms with E-state index in [-0.39, 0.29) is 6.61 Å². The topological polar surface area (TPSA) is 45.6 Å². The molecule has 0 radical (unpaired) electrons. The van der Waals surface area contributed by atoms with E-state index in [9.17, 15) is 5.11 Å². The first-order valence-corrected chi connectivity index (χ1v) is 7.56. The van der Waals surface area contributed by atoms with E-state index in [1.54, 1.807) is 7.11 Å². The van der Waals surface area contributed by atoms with E-state index in [4.69, 9.17) is 4.74 Å². The molecule has 1 aromatic carbocycles. The summed E-state index contributed by atoms with van der Waals surface area (Å²) in [6.45, 7) is 2.84. The maximum Gasteiger partial charge on any atom is 0.145 e. The molecule has 1 aliphatic rings. The zero-order chi connectivity index (χ0) is 14.8. The largest absolute Gasteiger partial charge is 0.494 e. The molecule has 4 nitrogen and oxygen atoms in total. The summed E-state index contributed by atoms with van der Waals surface area (Å²) in [6.07, 6.45) is 3.68. The van der Waals surface area contributed by atoms with Gasteiger partial charge in [-0.15, -0.1) is 0 Å². The van der Waals surface area contributed by atoms with Crippen LogP contribution in [0.5, 0.6) is 5.75 Å². The molecular weight excluding hydrogens is 264 g/mol. The van der Waals surface area contributed by atoms with Crippen LogP contribution in [0.15, 0.2) is 24.3 Å². The zero-order valence-corrected chi connectivity index (χ0v) is 12.7. The molecule has 1 aromatic heterocycles. The number of aryl methyl sites for hydroxylation is 1. The number of aliphatic hydroxyl groups excluding tert-OH is 1. The fourth-order valence-corrected chi connectivity index (χ4v) is 3.04. The fraction of sp³-hybridized carbons (Fsp3) is 0.471. The maximum atomic E-state index is 9.43. The molecule has 1 heterocycles. The molecule has 1 aliphatic carbocycles. The van der Waals surface area contributed by atoms with E-state index in [2.05, 4.69) is 22.0 Å². The summed E-state index contributed by atoms with van der Waals surface area (Å²) in [6, 6.07) is 8.68. The average molecular weight is 286 g/mol. The Hall–Kier alpha value is -1.81. The number of nitrogens with zero attached hydrogens (tertiary/aromatic N) is 2. The van der Waals surface area contributed by atoms with Gasteiger partial charge in [0.2, 0.25) is 0 Å². The van der Waals surface area contributed by atoms with Crippen LogP contribution in [0.3, 0.4) is 0 Å². The lowest BCUT2D eigenvalue weighted by Gasteiger charge is -2.39. The third-order valence-electron chi connectivity index (χ3n) is 4.29. The van der Waals surface area contributed by atoms with E-state index in [0.29, 0.717) is 12.6 Å². The van der Waals surface area contributed by atoms with E-state index < -0.39 is 0 Å². The molecule has 0 saturated heterocycles. The van der Waals surface area contributed by atoms with Crippen molar-refractivity contribution in [3.05, 3.63) is 30.0 Å². The summed E-state index contributed by atoms with van der Waals surface area (Å²) in [4.78, 5) is 6.97. The summed E-state index contributed by atoms with van der Waals surface area (Å²) in [5.74, 6) is 0.801. The number of benzene rings is 1. The van der Waals surface area contributed by atoms with Gasteiger partial charge >= 0.3 is 0 Å². The first-order chi connectivity index (χ1) is 10.2. The van der Waals surface area contributed by atoms with Crippen LogP contribution < -0.4 is 9.64 Å². The molecule has 0 spiro atoms. The minimum atomic E-state index is 0.170. The maximum absolute atomic E-state index is 9.43. The molecular formula is C17H22N2O2. The van der Waals surface area contributed by atoms with Crippen molar-refractivity contribution in [1.82, 2.24) is 4.98 Å². The number of pyridine rings is 1. The Bertz CT molecular complexity index is 638. The lowest BCUT2D eigenvalue weighted by atomic mass is 9.90. The lowest BCUT2D eigenvalue weighted by Crippen LogP contribution is -2.42. The van der Waals surface area contributed by atoms with Crippen molar-refractivity contribution in [1.29, 1.82) is 0 Å². The van der Waals surface area contributed by atoms with Gasteiger partial charge in [0.15, 0.2) is 0 Å². The van der Waals surface area contributed by atoms with Crippen molar-refractivity contribution in [2.24, 2.45) is 0 Å². The number of aromatic nitrogens is 1. The van der Waals surface area contributed by atoms with Crippen molar-refractivity contribution in [3.63, 3.8) is 0 Å². The summed E-state index contributed by atoms with van der Waals surface area (Å²) >= 11 is 0. The monoisotopic (exact) mass is 286 g/mol. The van der Waals surface area contributed by atoms with Crippen LogP contribution in [0.4, 0.5) is 5.69 Å². The molecule has 21 heavy (non-hydrogen) atoms. The molecule has 1 N–H and O–H groups in total. The third kappa shape index (κ3) is 2.56. The van der Waals surface area contributed by atoms with Gasteiger partial charge in [-0.2, -0.15) is 0 Å². The Morgan fingerprint density at radius 1 is 1.38 bits per heavy atom. The van der Waals surface area contributed by atoms with E-state index in [1.807, 2.05) is 19.1 Å². The number of fused-ring (bicyclic) bond motifs is 1. The Labute approximate surface area is 125 Å². The summed E-state index contributed by atoms with van der Waals surface area (Å²) in [7, 11) is 1.68. The quantitative estimate of drug-likeness (QED) is 0.918. The van der Waals surface area contributed by atoms with Crippen LogP contribution in [-0.4, -0.2) is 36.4 Å². The normalized spacial score (nSPS) is 15.0. The van der Waals surface area contributed by atoms with Gasteiger partial charge in [0.25, 0.3) is 0 Å². The van der Waals surface area contributed by atoms with Crippen molar-refractivity contribution in [2.75, 3.05) is 25.2 Å². The van der Waals surface area contributed by atoms with Gasteiger partial charge in [-0.1, -0.05) is 12.1 Å². The van der Waals surface area contributed by atoms with E-state index >= 15 is 0 Å². The van der Waals surface area contributed by atoms with Crippen LogP contribution in [0.25, 0.3) is 10.9 Å². The van der Waals surface area contributed by atoms with Crippen LogP contribution >= 0.6 is 0 Å². The average Bonchev–Trinajstić information content (AvgIpc) is 2.43. The minimum absolute atomic E-state index is 0.170. The Morgan fingerprint density at radius 3 is 2.81 bits per heavy atom. The number of hydrogen-bond acceptors (Lipinski definition) is 4. The van der Waals surface area contributed by atoms with Crippen LogP contribution in [0.2, 0.25) is 0 Å². The predicted molar refractivity (Wildman–Crippen MR) is 85.1 cm³/mol. The summed E-state index contributed by atoms with van der Waals surface area (Å²) < 4.78 is 5.45. The Morgan fingerprint density at radius 2 is 2.19 bits per heavy atom. The third-order valence-corrected chi connectivity index (χ3v) is 4.29. The van der Waals surface area contributed by atoms with Crippen molar-refractivity contribution < 1.29 is 9.84 Å². The van der Waals surface area contributed by atoms with Crippen LogP contribution in [-0.2, 0) is 0 Å². The number of methoxy groups -OCH3 is 1. The molecule has 1 saturated carbocycles. The first kappa shape index (κ1) is 14.1. The standard InChI is InChI=1S/C17H22N2O2/c1-12-11-15(19(9-10-20)13-5-3-6-13)14-7-4-8-16(21-2)17(14)18-12/h4,7-8,11,13,20H,3,5-6,9-10H2,1-2H3. The highest BCUT2D eigenvalue weighted by atomic mass is 16.5. The number of hydrogen-bond donors (Lipinski definition) is 1. The molecule has 0 aliphatic heterocycles. The van der Waals surface area contributed by atoms with Crippen LogP contribution in [0, 0.1) is 6.92 Å². The van der Waals surface area contributed by atoms with E-state index in [1.165, 1.54) is 19.3 Å².